The van der Waals surface area contributed by atoms with Gasteiger partial charge in [0.05, 0.1) is 26.9 Å². The first-order valence-electron chi connectivity index (χ1n) is 10.6. The van der Waals surface area contributed by atoms with Crippen molar-refractivity contribution in [2.45, 2.75) is 12.8 Å². The van der Waals surface area contributed by atoms with Gasteiger partial charge in [0.25, 0.3) is 0 Å². The van der Waals surface area contributed by atoms with Crippen molar-refractivity contribution in [2.75, 3.05) is 46.6 Å². The normalized spacial score (nSPS) is 15.3. The van der Waals surface area contributed by atoms with Gasteiger partial charge in [0.1, 0.15) is 28.2 Å². The van der Waals surface area contributed by atoms with Crippen molar-refractivity contribution in [3.63, 3.8) is 0 Å². The minimum atomic E-state index is 0.444. The first-order valence-corrected chi connectivity index (χ1v) is 10.6. The molecular weight excluding hydrogens is 396 g/mol. The number of morpholine rings is 1. The maximum absolute atomic E-state index is 9.42. The number of methoxy groups -OCH3 is 1. The van der Waals surface area contributed by atoms with E-state index in [1.807, 2.05) is 30.3 Å². The third kappa shape index (κ3) is 5.37. The summed E-state index contributed by atoms with van der Waals surface area (Å²) in [7, 11) is 1.60. The second-order valence-corrected chi connectivity index (χ2v) is 7.49. The molecule has 0 bridgehead atoms. The van der Waals surface area contributed by atoms with Crippen LogP contribution in [0.2, 0.25) is 0 Å². The predicted molar refractivity (Wildman–Crippen MR) is 118 cm³/mol. The van der Waals surface area contributed by atoms with Gasteiger partial charge in [0, 0.05) is 36.2 Å². The van der Waals surface area contributed by atoms with Crippen LogP contribution in [0.4, 0.5) is 0 Å². The Hall–Kier alpha value is -3.03. The molecule has 164 valence electrons. The number of hydrogen-bond donors (Lipinski definition) is 1. The molecule has 0 aliphatic carbocycles. The van der Waals surface area contributed by atoms with Gasteiger partial charge >= 0.3 is 0 Å². The number of fused-ring (bicyclic) bond motifs is 1. The summed E-state index contributed by atoms with van der Waals surface area (Å²) in [4.78, 5) is 2.44. The fraction of sp³-hybridized carbons (Fsp3) is 0.375. The highest BCUT2D eigenvalue weighted by atomic mass is 16.5. The average Bonchev–Trinajstić information content (AvgIpc) is 2.83. The van der Waals surface area contributed by atoms with Crippen LogP contribution in [0.5, 0.6) is 11.5 Å². The van der Waals surface area contributed by atoms with Gasteiger partial charge in [0.15, 0.2) is 0 Å². The highest BCUT2D eigenvalue weighted by Crippen LogP contribution is 2.26. The zero-order valence-electron chi connectivity index (χ0n) is 17.8. The summed E-state index contributed by atoms with van der Waals surface area (Å²) in [6, 6.07) is 14.9. The van der Waals surface area contributed by atoms with E-state index in [9.17, 15) is 5.21 Å². The van der Waals surface area contributed by atoms with Crippen LogP contribution in [0.3, 0.4) is 0 Å². The van der Waals surface area contributed by atoms with E-state index in [4.69, 9.17) is 18.6 Å². The Kier molecular flexibility index (Phi) is 7.07. The van der Waals surface area contributed by atoms with Gasteiger partial charge in [-0.1, -0.05) is 5.16 Å². The second-order valence-electron chi connectivity index (χ2n) is 7.49. The van der Waals surface area contributed by atoms with Gasteiger partial charge in [-0.05, 0) is 55.8 Å². The maximum Gasteiger partial charge on any atom is 0.140 e. The van der Waals surface area contributed by atoms with Gasteiger partial charge in [0.2, 0.25) is 0 Å². The molecule has 0 spiro atoms. The van der Waals surface area contributed by atoms with Crippen molar-refractivity contribution >= 4 is 11.0 Å². The van der Waals surface area contributed by atoms with Crippen LogP contribution in [-0.2, 0) is 4.74 Å². The molecule has 1 N–H and O–H groups in total. The van der Waals surface area contributed by atoms with Gasteiger partial charge in [-0.2, -0.15) is 0 Å². The maximum atomic E-state index is 9.42. The third-order valence-corrected chi connectivity index (χ3v) is 5.44. The van der Waals surface area contributed by atoms with Gasteiger partial charge in [-0.15, -0.1) is 0 Å². The molecule has 0 amide bonds. The lowest BCUT2D eigenvalue weighted by atomic mass is 10.1. The van der Waals surface area contributed by atoms with Crippen LogP contribution >= 0.6 is 0 Å². The van der Waals surface area contributed by atoms with Crippen molar-refractivity contribution in [1.82, 2.24) is 4.90 Å². The summed E-state index contributed by atoms with van der Waals surface area (Å²) < 4.78 is 22.6. The van der Waals surface area contributed by atoms with Crippen molar-refractivity contribution in [1.29, 1.82) is 0 Å². The minimum absolute atomic E-state index is 0.444. The molecule has 3 aromatic rings. The lowest BCUT2D eigenvalue weighted by Gasteiger charge is -2.26. The van der Waals surface area contributed by atoms with E-state index in [-0.39, 0.29) is 0 Å². The van der Waals surface area contributed by atoms with Crippen LogP contribution in [-0.4, -0.2) is 56.7 Å². The van der Waals surface area contributed by atoms with Crippen LogP contribution in [0.25, 0.3) is 22.3 Å². The molecule has 2 aromatic carbocycles. The zero-order valence-corrected chi connectivity index (χ0v) is 17.8. The Morgan fingerprint density at radius 2 is 1.77 bits per heavy atom. The Balaban J connectivity index is 1.38. The third-order valence-electron chi connectivity index (χ3n) is 5.44. The van der Waals surface area contributed by atoms with E-state index in [0.29, 0.717) is 34.4 Å². The summed E-state index contributed by atoms with van der Waals surface area (Å²) in [5, 5.41) is 14.0. The van der Waals surface area contributed by atoms with E-state index in [1.54, 1.807) is 25.3 Å². The molecule has 2 heterocycles. The molecule has 1 fully saturated rings. The van der Waals surface area contributed by atoms with Crippen LogP contribution < -0.4 is 14.8 Å². The van der Waals surface area contributed by atoms with Crippen molar-refractivity contribution in [3.8, 4) is 22.8 Å². The molecule has 31 heavy (non-hydrogen) atoms. The molecule has 0 atom stereocenters. The lowest BCUT2D eigenvalue weighted by Crippen LogP contribution is -2.36. The summed E-state index contributed by atoms with van der Waals surface area (Å²) in [6.07, 6.45) is 2.13. The van der Waals surface area contributed by atoms with Crippen molar-refractivity contribution in [2.24, 2.45) is 5.16 Å². The Morgan fingerprint density at radius 3 is 2.52 bits per heavy atom. The molecule has 0 unspecified atom stereocenters. The Bertz CT molecular complexity index is 1060. The molecule has 1 aromatic heterocycles. The Morgan fingerprint density at radius 1 is 1.00 bits per heavy atom. The first-order chi connectivity index (χ1) is 15.3. The fourth-order valence-electron chi connectivity index (χ4n) is 3.67. The largest absolute Gasteiger partial charge is 0.497 e. The van der Waals surface area contributed by atoms with Crippen LogP contribution in [0, 0.1) is 0 Å². The number of nitrogens with zero attached hydrogens (tertiary/aromatic N) is 2. The monoisotopic (exact) mass is 424 g/mol. The first kappa shape index (κ1) is 21.2. The number of hydrogen-bond acceptors (Lipinski definition) is 7. The van der Waals surface area contributed by atoms with E-state index < -0.39 is 0 Å². The second kappa shape index (κ2) is 10.3. The standard InChI is InChI=1S/C24H28N2O5/c1-28-20-8-9-21-22(25-27)17-23(31-24(21)16-20)18-4-6-19(7-5-18)30-13-3-2-10-26-11-14-29-15-12-26/h4-9,16-17,27H,2-3,10-15H2,1H3/b25-22-. The van der Waals surface area contributed by atoms with Gasteiger partial charge in [-0.25, -0.2) is 0 Å². The van der Waals surface area contributed by atoms with Crippen molar-refractivity contribution < 1.29 is 23.8 Å². The highest BCUT2D eigenvalue weighted by Gasteiger charge is 2.10. The molecule has 4 rings (SSSR count). The summed E-state index contributed by atoms with van der Waals surface area (Å²) in [5.74, 6) is 2.10. The van der Waals surface area contributed by atoms with E-state index in [1.165, 1.54) is 0 Å². The number of unbranched alkanes of at least 4 members (excludes halogenated alkanes) is 1. The summed E-state index contributed by atoms with van der Waals surface area (Å²) >= 11 is 0. The lowest BCUT2D eigenvalue weighted by molar-refractivity contribution is 0.0368. The number of benzene rings is 2. The Labute approximate surface area is 181 Å². The molecular formula is C24H28N2O5. The molecule has 1 aliphatic rings. The molecule has 7 nitrogen and oxygen atoms in total. The van der Waals surface area contributed by atoms with E-state index >= 15 is 0 Å². The van der Waals surface area contributed by atoms with Gasteiger partial charge in [-0.3, -0.25) is 4.90 Å². The van der Waals surface area contributed by atoms with E-state index in [2.05, 4.69) is 10.1 Å². The molecule has 0 saturated carbocycles. The summed E-state index contributed by atoms with van der Waals surface area (Å²) in [6.45, 7) is 5.53. The number of rotatable bonds is 8. The fourth-order valence-corrected chi connectivity index (χ4v) is 3.67. The summed E-state index contributed by atoms with van der Waals surface area (Å²) in [5.41, 5.74) is 1.46. The molecule has 1 aliphatic heterocycles. The van der Waals surface area contributed by atoms with Crippen LogP contribution in [0.15, 0.2) is 58.1 Å². The smallest absolute Gasteiger partial charge is 0.140 e. The van der Waals surface area contributed by atoms with E-state index in [0.717, 1.165) is 57.0 Å². The van der Waals surface area contributed by atoms with Crippen molar-refractivity contribution in [3.05, 3.63) is 53.9 Å². The molecule has 0 radical (unpaired) electrons. The predicted octanol–water partition coefficient (Wildman–Crippen LogP) is 3.89. The molecule has 1 saturated heterocycles. The number of ether oxygens (including phenoxy) is 3. The highest BCUT2D eigenvalue weighted by molar-refractivity contribution is 5.79. The van der Waals surface area contributed by atoms with Crippen LogP contribution in [0.1, 0.15) is 12.8 Å². The molecule has 7 heteroatoms. The topological polar surface area (TPSA) is 76.7 Å². The average molecular weight is 424 g/mol. The SMILES string of the molecule is COc1ccc2/c(=N\O)cc(-c3ccc(OCCCCN4CCOCC4)cc3)oc2c1. The van der Waals surface area contributed by atoms with Gasteiger partial charge < -0.3 is 23.8 Å². The minimum Gasteiger partial charge on any atom is -0.497 e. The quantitative estimate of drug-likeness (QED) is 0.336. The zero-order chi connectivity index (χ0) is 21.5.